The summed E-state index contributed by atoms with van der Waals surface area (Å²) in [6.45, 7) is 0.671. The molecular formula is C23H32FN3O3. The highest BCUT2D eigenvalue weighted by atomic mass is 19.1. The van der Waals surface area contributed by atoms with Crippen molar-refractivity contribution >= 4 is 11.8 Å². The van der Waals surface area contributed by atoms with Crippen LogP contribution in [0.2, 0.25) is 0 Å². The molecule has 164 valence electrons. The summed E-state index contributed by atoms with van der Waals surface area (Å²) in [7, 11) is 1.60. The number of ether oxygens (including phenoxy) is 1. The second kappa shape index (κ2) is 9.60. The molecule has 2 bridgehead atoms. The van der Waals surface area contributed by atoms with E-state index in [1.54, 1.807) is 7.05 Å². The summed E-state index contributed by atoms with van der Waals surface area (Å²) in [6.07, 6.45) is 6.38. The molecule has 3 saturated carbocycles. The number of nitrogens with one attached hydrogen (secondary N) is 2. The lowest BCUT2D eigenvalue weighted by molar-refractivity contribution is -0.137. The summed E-state index contributed by atoms with van der Waals surface area (Å²) >= 11 is 0. The fraction of sp³-hybridized carbons (Fsp3) is 0.565. The number of carbonyl (C=O) groups is 2. The largest absolute Gasteiger partial charge is 0.489 e. The predicted molar refractivity (Wildman–Crippen MR) is 114 cm³/mol. The van der Waals surface area contributed by atoms with Crippen LogP contribution in [0, 0.1) is 5.41 Å². The van der Waals surface area contributed by atoms with Crippen LogP contribution in [0.25, 0.3) is 0 Å². The first kappa shape index (κ1) is 22.3. The first-order valence-corrected chi connectivity index (χ1v) is 10.7. The third-order valence-electron chi connectivity index (χ3n) is 6.95. The van der Waals surface area contributed by atoms with Crippen LogP contribution < -0.4 is 21.1 Å². The van der Waals surface area contributed by atoms with Crippen LogP contribution >= 0.6 is 0 Å². The van der Waals surface area contributed by atoms with E-state index < -0.39 is 0 Å². The molecule has 3 aliphatic rings. The highest BCUT2D eigenvalue weighted by molar-refractivity contribution is 5.84. The van der Waals surface area contributed by atoms with Gasteiger partial charge in [-0.25, -0.2) is 4.39 Å². The summed E-state index contributed by atoms with van der Waals surface area (Å²) < 4.78 is 18.2. The first-order chi connectivity index (χ1) is 14.5. The highest BCUT2D eigenvalue weighted by Gasteiger charge is 2.52. The Bertz CT molecular complexity index is 767. The van der Waals surface area contributed by atoms with Gasteiger partial charge in [0.25, 0.3) is 0 Å². The first-order valence-electron chi connectivity index (χ1n) is 10.7. The molecule has 0 spiro atoms. The van der Waals surface area contributed by atoms with Crippen molar-refractivity contribution in [2.24, 2.45) is 11.1 Å². The fourth-order valence-corrected chi connectivity index (χ4v) is 4.78. The minimum Gasteiger partial charge on any atom is -0.489 e. The van der Waals surface area contributed by atoms with Crippen LogP contribution in [0.1, 0.15) is 50.5 Å². The van der Waals surface area contributed by atoms with Gasteiger partial charge in [0.1, 0.15) is 12.4 Å². The van der Waals surface area contributed by atoms with Gasteiger partial charge in [-0.15, -0.1) is 0 Å². The van der Waals surface area contributed by atoms with Crippen molar-refractivity contribution in [3.05, 3.63) is 41.7 Å². The van der Waals surface area contributed by atoms with E-state index >= 15 is 0 Å². The molecule has 4 rings (SSSR count). The quantitative estimate of drug-likeness (QED) is 0.576. The van der Waals surface area contributed by atoms with Crippen LogP contribution in [0.15, 0.2) is 36.2 Å². The maximum Gasteiger partial charge on any atom is 0.226 e. The van der Waals surface area contributed by atoms with Crippen molar-refractivity contribution < 1.29 is 18.7 Å². The predicted octanol–water partition coefficient (Wildman–Crippen LogP) is 2.72. The molecule has 0 saturated heterocycles. The molecule has 3 fully saturated rings. The van der Waals surface area contributed by atoms with E-state index in [9.17, 15) is 14.0 Å². The molecule has 1 aromatic carbocycles. The van der Waals surface area contributed by atoms with E-state index in [2.05, 4.69) is 22.8 Å². The summed E-state index contributed by atoms with van der Waals surface area (Å²) in [6, 6.07) is 8.05. The zero-order valence-corrected chi connectivity index (χ0v) is 17.6. The van der Waals surface area contributed by atoms with Crippen LogP contribution in [-0.2, 0) is 15.0 Å². The topological polar surface area (TPSA) is 93.5 Å². The molecule has 0 radical (unpaired) electrons. The Hall–Kier alpha value is -2.41. The van der Waals surface area contributed by atoms with Gasteiger partial charge in [-0.2, -0.15) is 0 Å². The molecule has 4 N–H and O–H groups in total. The molecule has 2 amide bonds. The molecule has 0 aliphatic heterocycles. The normalized spacial score (nSPS) is 25.6. The summed E-state index contributed by atoms with van der Waals surface area (Å²) in [5.41, 5.74) is 6.98. The zero-order chi connectivity index (χ0) is 21.6. The minimum absolute atomic E-state index is 0.0634. The second-order valence-electron chi connectivity index (χ2n) is 8.52. The van der Waals surface area contributed by atoms with E-state index in [0.717, 1.165) is 38.5 Å². The number of carbonyl (C=O) groups excluding carboxylic acids is 2. The number of rotatable bonds is 9. The van der Waals surface area contributed by atoms with Crippen LogP contribution in [-0.4, -0.2) is 38.6 Å². The third-order valence-corrected chi connectivity index (χ3v) is 6.95. The molecule has 30 heavy (non-hydrogen) atoms. The second-order valence-corrected chi connectivity index (χ2v) is 8.52. The number of hydrogen-bond donors (Lipinski definition) is 3. The molecule has 0 heterocycles. The van der Waals surface area contributed by atoms with Crippen LogP contribution in [0.5, 0.6) is 5.75 Å². The molecule has 3 aliphatic carbocycles. The Labute approximate surface area is 177 Å². The lowest BCUT2D eigenvalue weighted by Crippen LogP contribution is -2.52. The van der Waals surface area contributed by atoms with Crippen molar-refractivity contribution in [3.63, 3.8) is 0 Å². The monoisotopic (exact) mass is 417 g/mol. The van der Waals surface area contributed by atoms with Gasteiger partial charge in [-0.3, -0.25) is 9.59 Å². The van der Waals surface area contributed by atoms with Crippen LogP contribution in [0.3, 0.4) is 0 Å². The van der Waals surface area contributed by atoms with Gasteiger partial charge in [0.05, 0.1) is 6.33 Å². The Balaban J connectivity index is 1.57. The molecule has 0 aromatic heterocycles. The van der Waals surface area contributed by atoms with Gasteiger partial charge in [0, 0.05) is 37.5 Å². The number of amides is 2. The Morgan fingerprint density at radius 2 is 1.77 bits per heavy atom. The van der Waals surface area contributed by atoms with E-state index in [1.165, 1.54) is 5.56 Å². The van der Waals surface area contributed by atoms with Gasteiger partial charge >= 0.3 is 0 Å². The Morgan fingerprint density at radius 1 is 1.13 bits per heavy atom. The third kappa shape index (κ3) is 4.67. The molecular weight excluding hydrogens is 385 g/mol. The standard InChI is InChI=1S/C23H32FN3O3/c1-26-20(28)6-13-27-21(29)23-10-7-22(8-11-23,9-12-23)18-2-4-19(5-3-18)30-16-17(14-24)15-25/h2-5,14H,6-13,15-16,25H2,1H3,(H,26,28)(H,27,29). The number of fused-ring (bicyclic) bond motifs is 3. The molecule has 0 atom stereocenters. The van der Waals surface area contributed by atoms with E-state index in [4.69, 9.17) is 10.5 Å². The van der Waals surface area contributed by atoms with Crippen molar-refractivity contribution in [3.8, 4) is 5.75 Å². The zero-order valence-electron chi connectivity index (χ0n) is 17.6. The van der Waals surface area contributed by atoms with E-state index in [1.807, 2.05) is 12.1 Å². The van der Waals surface area contributed by atoms with Crippen molar-refractivity contribution in [1.82, 2.24) is 10.6 Å². The highest BCUT2D eigenvalue weighted by Crippen LogP contribution is 2.57. The smallest absolute Gasteiger partial charge is 0.226 e. The number of halogens is 1. The van der Waals surface area contributed by atoms with Crippen molar-refractivity contribution in [2.75, 3.05) is 26.7 Å². The van der Waals surface area contributed by atoms with E-state index in [0.29, 0.717) is 30.6 Å². The molecule has 0 unspecified atom stereocenters. The molecule has 1 aromatic rings. The molecule has 7 heteroatoms. The Morgan fingerprint density at radius 3 is 2.30 bits per heavy atom. The Kier molecular flexibility index (Phi) is 7.13. The lowest BCUT2D eigenvalue weighted by Gasteiger charge is -2.52. The van der Waals surface area contributed by atoms with Gasteiger partial charge in [-0.1, -0.05) is 12.1 Å². The van der Waals surface area contributed by atoms with Gasteiger partial charge < -0.3 is 21.1 Å². The van der Waals surface area contributed by atoms with Gasteiger partial charge in [-0.05, 0) is 61.6 Å². The van der Waals surface area contributed by atoms with Crippen molar-refractivity contribution in [1.29, 1.82) is 0 Å². The number of hydrogen-bond acceptors (Lipinski definition) is 4. The van der Waals surface area contributed by atoms with Crippen LogP contribution in [0.4, 0.5) is 4.39 Å². The molecule has 6 nitrogen and oxygen atoms in total. The van der Waals surface area contributed by atoms with Gasteiger partial charge in [0.15, 0.2) is 0 Å². The summed E-state index contributed by atoms with van der Waals surface area (Å²) in [4.78, 5) is 24.2. The SMILES string of the molecule is CNC(=O)CCNC(=O)C12CCC(c3ccc(OCC(=CF)CN)cc3)(CC1)CC2. The van der Waals surface area contributed by atoms with Gasteiger partial charge in [0.2, 0.25) is 11.8 Å². The maximum atomic E-state index is 12.8. The average Bonchev–Trinajstić information content (AvgIpc) is 2.81. The van der Waals surface area contributed by atoms with Crippen molar-refractivity contribution in [2.45, 2.75) is 50.4 Å². The average molecular weight is 418 g/mol. The lowest BCUT2D eigenvalue weighted by atomic mass is 9.51. The summed E-state index contributed by atoms with van der Waals surface area (Å²) in [5, 5.41) is 5.54. The fourth-order valence-electron chi connectivity index (χ4n) is 4.78. The van der Waals surface area contributed by atoms with E-state index in [-0.39, 0.29) is 35.8 Å². The maximum absolute atomic E-state index is 12.8. The minimum atomic E-state index is -0.287. The summed E-state index contributed by atoms with van der Waals surface area (Å²) in [5.74, 6) is 0.728. The number of nitrogens with two attached hydrogens (primary N) is 1. The number of benzene rings is 1.